The Balaban J connectivity index is 2.53. The first-order chi connectivity index (χ1) is 11.1. The molecule has 1 unspecified atom stereocenters. The first-order valence-electron chi connectivity index (χ1n) is 7.22. The molecule has 1 heterocycles. The second-order valence-corrected chi connectivity index (χ2v) is 4.84. The molecule has 0 aliphatic carbocycles. The van der Waals surface area contributed by atoms with Crippen LogP contribution in [0.5, 0.6) is 0 Å². The lowest BCUT2D eigenvalue weighted by Gasteiger charge is -2.28. The van der Waals surface area contributed by atoms with Crippen LogP contribution in [-0.2, 0) is 9.53 Å². The summed E-state index contributed by atoms with van der Waals surface area (Å²) in [5.41, 5.74) is 2.08. The number of hydrogen-bond acceptors (Lipinski definition) is 4. The predicted octanol–water partition coefficient (Wildman–Crippen LogP) is 1.22. The Bertz CT molecular complexity index is 713. The number of allylic oxidation sites excluding steroid dienone is 1. The highest BCUT2D eigenvalue weighted by atomic mass is 16.5. The smallest absolute Gasteiger partial charge is 0.338 e. The summed E-state index contributed by atoms with van der Waals surface area (Å²) in [5.74, 6) is 4.92. The summed E-state index contributed by atoms with van der Waals surface area (Å²) in [6.07, 6.45) is 0. The van der Waals surface area contributed by atoms with Gasteiger partial charge < -0.3 is 20.5 Å². The third kappa shape index (κ3) is 3.71. The third-order valence-corrected chi connectivity index (χ3v) is 3.34. The van der Waals surface area contributed by atoms with Gasteiger partial charge in [-0.15, -0.1) is 0 Å². The van der Waals surface area contributed by atoms with Gasteiger partial charge in [-0.3, -0.25) is 0 Å². The summed E-state index contributed by atoms with van der Waals surface area (Å²) < 4.78 is 5.10. The summed E-state index contributed by atoms with van der Waals surface area (Å²) in [7, 11) is 0. The van der Waals surface area contributed by atoms with E-state index < -0.39 is 18.0 Å². The van der Waals surface area contributed by atoms with E-state index in [0.29, 0.717) is 22.4 Å². The van der Waals surface area contributed by atoms with Gasteiger partial charge in [0.15, 0.2) is 0 Å². The molecular formula is C17H18N2O4. The molecule has 1 aliphatic rings. The minimum Gasteiger partial charge on any atom is -0.463 e. The molecule has 0 radical (unpaired) electrons. The van der Waals surface area contributed by atoms with Crippen LogP contribution in [0, 0.1) is 11.8 Å². The molecular weight excluding hydrogens is 296 g/mol. The van der Waals surface area contributed by atoms with Gasteiger partial charge in [0.2, 0.25) is 0 Å². The highest BCUT2D eigenvalue weighted by Gasteiger charge is 2.33. The van der Waals surface area contributed by atoms with Crippen molar-refractivity contribution in [1.82, 2.24) is 10.6 Å². The van der Waals surface area contributed by atoms with Crippen LogP contribution in [0.4, 0.5) is 4.79 Å². The van der Waals surface area contributed by atoms with Gasteiger partial charge in [-0.25, -0.2) is 9.59 Å². The molecule has 6 heteroatoms. The molecule has 3 N–H and O–H groups in total. The van der Waals surface area contributed by atoms with Crippen LogP contribution in [0.2, 0.25) is 0 Å². The zero-order valence-electron chi connectivity index (χ0n) is 13.0. The number of esters is 1. The lowest BCUT2D eigenvalue weighted by molar-refractivity contribution is -0.139. The Morgan fingerprint density at radius 1 is 1.39 bits per heavy atom. The van der Waals surface area contributed by atoms with Crippen molar-refractivity contribution in [3.8, 4) is 11.8 Å². The minimum absolute atomic E-state index is 0.238. The largest absolute Gasteiger partial charge is 0.463 e. The molecule has 6 nitrogen and oxygen atoms in total. The van der Waals surface area contributed by atoms with Crippen molar-refractivity contribution >= 4 is 12.0 Å². The summed E-state index contributed by atoms with van der Waals surface area (Å²) in [4.78, 5) is 24.1. The second-order valence-electron chi connectivity index (χ2n) is 4.84. The Morgan fingerprint density at radius 3 is 2.83 bits per heavy atom. The van der Waals surface area contributed by atoms with E-state index in [1.54, 1.807) is 38.1 Å². The van der Waals surface area contributed by atoms with E-state index in [9.17, 15) is 9.59 Å². The van der Waals surface area contributed by atoms with Crippen molar-refractivity contribution < 1.29 is 19.4 Å². The molecule has 0 saturated heterocycles. The molecule has 120 valence electrons. The van der Waals surface area contributed by atoms with E-state index in [1.165, 1.54) is 0 Å². The first-order valence-corrected chi connectivity index (χ1v) is 7.22. The molecule has 1 aliphatic heterocycles. The van der Waals surface area contributed by atoms with Crippen LogP contribution in [0.1, 0.15) is 31.0 Å². The normalized spacial score (nSPS) is 16.8. The molecule has 2 amide bonds. The number of nitrogens with one attached hydrogen (secondary N) is 2. The molecule has 1 aromatic rings. The van der Waals surface area contributed by atoms with Crippen molar-refractivity contribution in [2.75, 3.05) is 13.2 Å². The van der Waals surface area contributed by atoms with E-state index in [0.717, 1.165) is 0 Å². The number of ether oxygens (including phenoxy) is 1. The molecule has 1 atom stereocenters. The number of carbonyl (C=O) groups excluding carboxylic acids is 2. The van der Waals surface area contributed by atoms with Crippen LogP contribution in [0.3, 0.4) is 0 Å². The van der Waals surface area contributed by atoms with Crippen molar-refractivity contribution in [2.24, 2.45) is 0 Å². The molecule has 0 bridgehead atoms. The van der Waals surface area contributed by atoms with Crippen LogP contribution in [0.15, 0.2) is 35.5 Å². The number of aliphatic hydroxyl groups is 1. The Kier molecular flexibility index (Phi) is 5.39. The van der Waals surface area contributed by atoms with Gasteiger partial charge in [0.05, 0.1) is 18.2 Å². The highest BCUT2D eigenvalue weighted by molar-refractivity contribution is 5.95. The van der Waals surface area contributed by atoms with Gasteiger partial charge in [0.1, 0.15) is 6.61 Å². The number of carbonyl (C=O) groups is 2. The van der Waals surface area contributed by atoms with Crippen molar-refractivity contribution in [1.29, 1.82) is 0 Å². The fourth-order valence-corrected chi connectivity index (χ4v) is 2.40. The topological polar surface area (TPSA) is 87.7 Å². The van der Waals surface area contributed by atoms with Crippen molar-refractivity contribution in [2.45, 2.75) is 19.9 Å². The molecule has 2 rings (SSSR count). The van der Waals surface area contributed by atoms with Crippen LogP contribution in [0.25, 0.3) is 0 Å². The summed E-state index contributed by atoms with van der Waals surface area (Å²) >= 11 is 0. The standard InChI is InChI=1S/C17H18N2O4/c1-3-23-16(21)14-11(2)18-17(22)19-15(14)13-9-5-4-7-12(13)8-6-10-20/h4-5,7,9,15,20H,3,10H2,1-2H3,(H2,18,19,22). The zero-order chi connectivity index (χ0) is 16.8. The van der Waals surface area contributed by atoms with Crippen LogP contribution in [-0.4, -0.2) is 30.3 Å². The summed E-state index contributed by atoms with van der Waals surface area (Å²) in [5, 5.41) is 14.2. The first kappa shape index (κ1) is 16.6. The summed E-state index contributed by atoms with van der Waals surface area (Å²) in [6.45, 7) is 3.34. The Hall–Kier alpha value is -2.78. The summed E-state index contributed by atoms with van der Waals surface area (Å²) in [6, 6.07) is 6.09. The predicted molar refractivity (Wildman–Crippen MR) is 84.1 cm³/mol. The fraction of sp³-hybridized carbons (Fsp3) is 0.294. The number of aliphatic hydroxyl groups excluding tert-OH is 1. The molecule has 1 aromatic carbocycles. The minimum atomic E-state index is -0.660. The van der Waals surface area contributed by atoms with E-state index >= 15 is 0 Å². The Labute approximate surface area is 134 Å². The molecule has 0 aromatic heterocycles. The maximum absolute atomic E-state index is 12.3. The molecule has 0 spiro atoms. The van der Waals surface area contributed by atoms with Gasteiger partial charge in [0.25, 0.3) is 0 Å². The average molecular weight is 314 g/mol. The molecule has 0 saturated carbocycles. The number of urea groups is 1. The van der Waals surface area contributed by atoms with Crippen molar-refractivity contribution in [3.05, 3.63) is 46.7 Å². The number of hydrogen-bond donors (Lipinski definition) is 3. The van der Waals surface area contributed by atoms with Gasteiger partial charge in [-0.2, -0.15) is 0 Å². The maximum Gasteiger partial charge on any atom is 0.338 e. The van der Waals surface area contributed by atoms with Gasteiger partial charge in [-0.05, 0) is 25.5 Å². The zero-order valence-corrected chi connectivity index (χ0v) is 13.0. The average Bonchev–Trinajstić information content (AvgIpc) is 2.52. The lowest BCUT2D eigenvalue weighted by atomic mass is 9.92. The molecule has 23 heavy (non-hydrogen) atoms. The van der Waals surface area contributed by atoms with E-state index in [-0.39, 0.29) is 13.2 Å². The SMILES string of the molecule is CCOC(=O)C1=C(C)NC(=O)NC1c1ccccc1C#CCO. The number of amides is 2. The van der Waals surface area contributed by atoms with Gasteiger partial charge in [-0.1, -0.05) is 30.0 Å². The van der Waals surface area contributed by atoms with Crippen LogP contribution < -0.4 is 10.6 Å². The Morgan fingerprint density at radius 2 is 2.13 bits per heavy atom. The highest BCUT2D eigenvalue weighted by Crippen LogP contribution is 2.29. The van der Waals surface area contributed by atoms with E-state index in [4.69, 9.17) is 9.84 Å². The molecule has 0 fully saturated rings. The lowest BCUT2D eigenvalue weighted by Crippen LogP contribution is -2.45. The van der Waals surface area contributed by atoms with E-state index in [1.807, 2.05) is 0 Å². The third-order valence-electron chi connectivity index (χ3n) is 3.34. The monoisotopic (exact) mass is 314 g/mol. The second kappa shape index (κ2) is 7.47. The fourth-order valence-electron chi connectivity index (χ4n) is 2.40. The van der Waals surface area contributed by atoms with E-state index in [2.05, 4.69) is 22.5 Å². The van der Waals surface area contributed by atoms with Gasteiger partial charge in [0, 0.05) is 11.3 Å². The van der Waals surface area contributed by atoms with Crippen LogP contribution >= 0.6 is 0 Å². The quantitative estimate of drug-likeness (QED) is 0.578. The van der Waals surface area contributed by atoms with Crippen molar-refractivity contribution in [3.63, 3.8) is 0 Å². The number of benzene rings is 1. The number of rotatable bonds is 3. The van der Waals surface area contributed by atoms with Gasteiger partial charge >= 0.3 is 12.0 Å². The maximum atomic E-state index is 12.3.